The van der Waals surface area contributed by atoms with E-state index in [4.69, 9.17) is 9.47 Å². The lowest BCUT2D eigenvalue weighted by atomic mass is 10.3. The molecule has 0 amide bonds. The van der Waals surface area contributed by atoms with E-state index in [9.17, 15) is 4.79 Å². The first kappa shape index (κ1) is 14.0. The second kappa shape index (κ2) is 7.28. The van der Waals surface area contributed by atoms with Gasteiger partial charge in [0.1, 0.15) is 6.61 Å². The third-order valence-electron chi connectivity index (χ3n) is 2.92. The van der Waals surface area contributed by atoms with Crippen LogP contribution in [0.1, 0.15) is 16.2 Å². The Morgan fingerprint density at radius 1 is 1.37 bits per heavy atom. The van der Waals surface area contributed by atoms with Crippen LogP contribution in [-0.4, -0.2) is 66.7 Å². The van der Waals surface area contributed by atoms with Crippen molar-refractivity contribution in [1.29, 1.82) is 0 Å². The van der Waals surface area contributed by atoms with Crippen molar-refractivity contribution in [3.8, 4) is 0 Å². The minimum absolute atomic E-state index is 0.0351. The van der Waals surface area contributed by atoms with Crippen molar-refractivity contribution >= 4 is 5.78 Å². The number of Topliss-reactive ketones (excluding diaryl/α,β-unsaturated/α-hetero) is 1. The molecule has 19 heavy (non-hydrogen) atoms. The Balaban J connectivity index is 1.64. The normalized spacial score (nSPS) is 16.5. The third-order valence-corrected chi connectivity index (χ3v) is 2.92. The molecular formula is C13H19N3O3. The molecule has 0 aliphatic carbocycles. The fraction of sp³-hybridized carbons (Fsp3) is 0.615. The maximum Gasteiger partial charge on any atom is 0.225 e. The van der Waals surface area contributed by atoms with Crippen LogP contribution >= 0.6 is 0 Å². The second-order valence-electron chi connectivity index (χ2n) is 4.51. The van der Waals surface area contributed by atoms with E-state index < -0.39 is 0 Å². The van der Waals surface area contributed by atoms with Crippen LogP contribution in [-0.2, 0) is 9.47 Å². The summed E-state index contributed by atoms with van der Waals surface area (Å²) in [5.74, 6) is 0.0407. The molecule has 0 spiro atoms. The molecule has 2 rings (SSSR count). The summed E-state index contributed by atoms with van der Waals surface area (Å²) in [4.78, 5) is 21.9. The first-order valence-corrected chi connectivity index (χ1v) is 6.45. The molecule has 0 N–H and O–H groups in total. The average Bonchev–Trinajstić information content (AvgIpc) is 2.45. The predicted octanol–water partition coefficient (Wildman–Crippen LogP) is 0.317. The predicted molar refractivity (Wildman–Crippen MR) is 69.2 cm³/mol. The number of ketones is 1. The standard InChI is InChI=1S/C13H19N3O3/c1-11-8-14-13(15-9-11)12(17)10-19-7-4-16-2-5-18-6-3-16/h8-9H,2-7,10H2,1H3. The number of hydrogen-bond acceptors (Lipinski definition) is 6. The molecule has 2 heterocycles. The van der Waals surface area contributed by atoms with Gasteiger partial charge < -0.3 is 9.47 Å². The number of aromatic nitrogens is 2. The van der Waals surface area contributed by atoms with Crippen LogP contribution < -0.4 is 0 Å². The summed E-state index contributed by atoms with van der Waals surface area (Å²) in [5, 5.41) is 0. The Bertz CT molecular complexity index is 402. The molecule has 0 unspecified atom stereocenters. The quantitative estimate of drug-likeness (QED) is 0.545. The summed E-state index contributed by atoms with van der Waals surface area (Å²) in [6, 6.07) is 0. The van der Waals surface area contributed by atoms with Gasteiger partial charge in [-0.3, -0.25) is 9.69 Å². The molecular weight excluding hydrogens is 246 g/mol. The van der Waals surface area contributed by atoms with Crippen LogP contribution in [0.5, 0.6) is 0 Å². The van der Waals surface area contributed by atoms with Crippen LogP contribution in [0.15, 0.2) is 12.4 Å². The Morgan fingerprint density at radius 2 is 2.05 bits per heavy atom. The van der Waals surface area contributed by atoms with E-state index >= 15 is 0 Å². The van der Waals surface area contributed by atoms with Gasteiger partial charge in [-0.15, -0.1) is 0 Å². The van der Waals surface area contributed by atoms with Crippen LogP contribution in [0.2, 0.25) is 0 Å². The van der Waals surface area contributed by atoms with E-state index in [1.54, 1.807) is 12.4 Å². The van der Waals surface area contributed by atoms with E-state index in [0.29, 0.717) is 6.61 Å². The first-order valence-electron chi connectivity index (χ1n) is 6.45. The summed E-state index contributed by atoms with van der Waals surface area (Å²) < 4.78 is 10.6. The van der Waals surface area contributed by atoms with Gasteiger partial charge in [0.2, 0.25) is 5.78 Å². The number of morpholine rings is 1. The fourth-order valence-corrected chi connectivity index (χ4v) is 1.78. The van der Waals surface area contributed by atoms with Gasteiger partial charge in [0.05, 0.1) is 19.8 Å². The molecule has 0 saturated carbocycles. The average molecular weight is 265 g/mol. The van der Waals surface area contributed by atoms with Crippen LogP contribution in [0.3, 0.4) is 0 Å². The van der Waals surface area contributed by atoms with Gasteiger partial charge in [0.25, 0.3) is 0 Å². The highest BCUT2D eigenvalue weighted by Crippen LogP contribution is 1.98. The highest BCUT2D eigenvalue weighted by atomic mass is 16.5. The van der Waals surface area contributed by atoms with Crippen molar-refractivity contribution in [3.63, 3.8) is 0 Å². The molecule has 1 aromatic rings. The van der Waals surface area contributed by atoms with Gasteiger partial charge in [-0.2, -0.15) is 0 Å². The maximum atomic E-state index is 11.7. The highest BCUT2D eigenvalue weighted by molar-refractivity contribution is 5.93. The van der Waals surface area contributed by atoms with Crippen molar-refractivity contribution in [3.05, 3.63) is 23.8 Å². The van der Waals surface area contributed by atoms with Gasteiger partial charge in [-0.05, 0) is 12.5 Å². The summed E-state index contributed by atoms with van der Waals surface area (Å²) in [7, 11) is 0. The second-order valence-corrected chi connectivity index (χ2v) is 4.51. The first-order chi connectivity index (χ1) is 9.25. The highest BCUT2D eigenvalue weighted by Gasteiger charge is 2.11. The minimum Gasteiger partial charge on any atom is -0.379 e. The fourth-order valence-electron chi connectivity index (χ4n) is 1.78. The Labute approximate surface area is 112 Å². The van der Waals surface area contributed by atoms with Crippen molar-refractivity contribution in [2.45, 2.75) is 6.92 Å². The van der Waals surface area contributed by atoms with E-state index in [1.807, 2.05) is 6.92 Å². The lowest BCUT2D eigenvalue weighted by Crippen LogP contribution is -2.38. The van der Waals surface area contributed by atoms with Gasteiger partial charge in [-0.25, -0.2) is 9.97 Å². The number of carbonyl (C=O) groups is 1. The van der Waals surface area contributed by atoms with Crippen molar-refractivity contribution in [2.24, 2.45) is 0 Å². The van der Waals surface area contributed by atoms with Gasteiger partial charge >= 0.3 is 0 Å². The van der Waals surface area contributed by atoms with E-state index in [2.05, 4.69) is 14.9 Å². The zero-order chi connectivity index (χ0) is 13.5. The van der Waals surface area contributed by atoms with Crippen LogP contribution in [0, 0.1) is 6.92 Å². The third kappa shape index (κ3) is 4.66. The summed E-state index contributed by atoms with van der Waals surface area (Å²) in [6.07, 6.45) is 3.27. The number of aryl methyl sites for hydroxylation is 1. The van der Waals surface area contributed by atoms with Gasteiger partial charge in [0, 0.05) is 32.0 Å². The van der Waals surface area contributed by atoms with Crippen molar-refractivity contribution in [2.75, 3.05) is 46.1 Å². The number of nitrogens with zero attached hydrogens (tertiary/aromatic N) is 3. The Hall–Kier alpha value is -1.37. The molecule has 0 bridgehead atoms. The zero-order valence-corrected chi connectivity index (χ0v) is 11.2. The SMILES string of the molecule is Cc1cnc(C(=O)COCCN2CCOCC2)nc1. The number of rotatable bonds is 6. The molecule has 0 radical (unpaired) electrons. The van der Waals surface area contributed by atoms with Crippen LogP contribution in [0.25, 0.3) is 0 Å². The summed E-state index contributed by atoms with van der Waals surface area (Å²) in [6.45, 7) is 6.69. The largest absolute Gasteiger partial charge is 0.379 e. The number of hydrogen-bond donors (Lipinski definition) is 0. The van der Waals surface area contributed by atoms with E-state index in [0.717, 1.165) is 38.4 Å². The molecule has 104 valence electrons. The lowest BCUT2D eigenvalue weighted by molar-refractivity contribution is 0.0207. The molecule has 1 aromatic heterocycles. The maximum absolute atomic E-state index is 11.7. The van der Waals surface area contributed by atoms with Crippen molar-refractivity contribution < 1.29 is 14.3 Å². The van der Waals surface area contributed by atoms with Crippen molar-refractivity contribution in [1.82, 2.24) is 14.9 Å². The Morgan fingerprint density at radius 3 is 2.74 bits per heavy atom. The Kier molecular flexibility index (Phi) is 5.38. The topological polar surface area (TPSA) is 64.5 Å². The van der Waals surface area contributed by atoms with E-state index in [-0.39, 0.29) is 18.2 Å². The monoisotopic (exact) mass is 265 g/mol. The smallest absolute Gasteiger partial charge is 0.225 e. The van der Waals surface area contributed by atoms with E-state index in [1.165, 1.54) is 0 Å². The number of ether oxygens (including phenoxy) is 2. The van der Waals surface area contributed by atoms with Gasteiger partial charge in [-0.1, -0.05) is 0 Å². The minimum atomic E-state index is -0.179. The molecule has 6 nitrogen and oxygen atoms in total. The van der Waals surface area contributed by atoms with Gasteiger partial charge in [0.15, 0.2) is 5.82 Å². The molecule has 0 atom stereocenters. The molecule has 1 fully saturated rings. The molecule has 1 aliphatic rings. The molecule has 1 aliphatic heterocycles. The summed E-state index contributed by atoms with van der Waals surface area (Å²) >= 11 is 0. The van der Waals surface area contributed by atoms with Crippen LogP contribution in [0.4, 0.5) is 0 Å². The molecule has 0 aromatic carbocycles. The summed E-state index contributed by atoms with van der Waals surface area (Å²) in [5.41, 5.74) is 0.935. The zero-order valence-electron chi connectivity index (χ0n) is 11.2. The lowest BCUT2D eigenvalue weighted by Gasteiger charge is -2.26. The molecule has 1 saturated heterocycles. The molecule has 6 heteroatoms. The number of carbonyl (C=O) groups excluding carboxylic acids is 1.